The molecule has 0 saturated heterocycles. The molecular weight excluding hydrogens is 274 g/mol. The Balaban J connectivity index is 2.11. The van der Waals surface area contributed by atoms with E-state index in [9.17, 15) is 13.9 Å². The summed E-state index contributed by atoms with van der Waals surface area (Å²) in [6.45, 7) is 3.93. The number of hydrogen-bond acceptors (Lipinski definition) is 2. The smallest absolute Gasteiger partial charge is 0.164 e. The largest absolute Gasteiger partial charge is 0.490 e. The van der Waals surface area contributed by atoms with Crippen molar-refractivity contribution >= 4 is 0 Å². The zero-order valence-corrected chi connectivity index (χ0v) is 12.0. The maximum atomic E-state index is 13.6. The standard InChI is InChI=1S/C17H18F2O2/c1-11(2)12-6-3-4-9-16(12)21-10-15(20)13-7-5-8-14(18)17(13)19/h3-9,11,15,20H,10H2,1-2H3. The van der Waals surface area contributed by atoms with E-state index in [1.54, 1.807) is 6.07 Å². The molecule has 0 aliphatic heterocycles. The predicted octanol–water partition coefficient (Wildman–Crippen LogP) is 4.20. The number of hydrogen-bond donors (Lipinski definition) is 1. The molecule has 0 aromatic heterocycles. The van der Waals surface area contributed by atoms with Crippen LogP contribution in [0.2, 0.25) is 0 Å². The van der Waals surface area contributed by atoms with Crippen LogP contribution in [0.4, 0.5) is 8.78 Å². The molecule has 0 spiro atoms. The lowest BCUT2D eigenvalue weighted by Gasteiger charge is -2.17. The highest BCUT2D eigenvalue weighted by Gasteiger charge is 2.17. The van der Waals surface area contributed by atoms with Gasteiger partial charge in [0.05, 0.1) is 0 Å². The molecule has 0 fully saturated rings. The molecule has 4 heteroatoms. The number of para-hydroxylation sites is 1. The summed E-state index contributed by atoms with van der Waals surface area (Å²) in [6, 6.07) is 11.2. The molecule has 2 nitrogen and oxygen atoms in total. The highest BCUT2D eigenvalue weighted by atomic mass is 19.2. The van der Waals surface area contributed by atoms with Crippen LogP contribution in [0.3, 0.4) is 0 Å². The van der Waals surface area contributed by atoms with Crippen LogP contribution in [-0.2, 0) is 0 Å². The van der Waals surface area contributed by atoms with Crippen molar-refractivity contribution in [2.75, 3.05) is 6.61 Å². The fourth-order valence-electron chi connectivity index (χ4n) is 2.13. The van der Waals surface area contributed by atoms with Crippen molar-refractivity contribution in [3.8, 4) is 5.75 Å². The first-order valence-corrected chi connectivity index (χ1v) is 6.84. The van der Waals surface area contributed by atoms with Gasteiger partial charge in [0, 0.05) is 5.56 Å². The molecule has 2 aromatic rings. The zero-order chi connectivity index (χ0) is 15.4. The highest BCUT2D eigenvalue weighted by Crippen LogP contribution is 2.27. The van der Waals surface area contributed by atoms with Gasteiger partial charge in [-0.1, -0.05) is 44.2 Å². The van der Waals surface area contributed by atoms with Crippen molar-refractivity contribution in [3.05, 3.63) is 65.2 Å². The zero-order valence-electron chi connectivity index (χ0n) is 12.0. The Kier molecular flexibility index (Phi) is 4.91. The average molecular weight is 292 g/mol. The van der Waals surface area contributed by atoms with E-state index in [1.165, 1.54) is 12.1 Å². The van der Waals surface area contributed by atoms with Gasteiger partial charge in [0.2, 0.25) is 0 Å². The molecule has 0 radical (unpaired) electrons. The van der Waals surface area contributed by atoms with Crippen LogP contribution in [0.15, 0.2) is 42.5 Å². The Labute approximate surface area is 123 Å². The van der Waals surface area contributed by atoms with Gasteiger partial charge < -0.3 is 9.84 Å². The summed E-state index contributed by atoms with van der Waals surface area (Å²) in [5.74, 6) is -1.10. The lowest BCUT2D eigenvalue weighted by molar-refractivity contribution is 0.103. The first-order valence-electron chi connectivity index (χ1n) is 6.84. The normalized spacial score (nSPS) is 12.5. The molecule has 0 amide bonds. The second kappa shape index (κ2) is 6.68. The lowest BCUT2D eigenvalue weighted by atomic mass is 10.0. The van der Waals surface area contributed by atoms with Crippen LogP contribution < -0.4 is 4.74 Å². The van der Waals surface area contributed by atoms with Gasteiger partial charge in [0.15, 0.2) is 11.6 Å². The van der Waals surface area contributed by atoms with Gasteiger partial charge >= 0.3 is 0 Å². The van der Waals surface area contributed by atoms with E-state index in [2.05, 4.69) is 0 Å². The summed E-state index contributed by atoms with van der Waals surface area (Å²) in [6.07, 6.45) is -1.22. The van der Waals surface area contributed by atoms with Gasteiger partial charge in [-0.05, 0) is 23.6 Å². The van der Waals surface area contributed by atoms with Crippen molar-refractivity contribution in [3.63, 3.8) is 0 Å². The summed E-state index contributed by atoms with van der Waals surface area (Å²) in [5, 5.41) is 9.98. The third kappa shape index (κ3) is 3.58. The fraction of sp³-hybridized carbons (Fsp3) is 0.294. The molecule has 1 N–H and O–H groups in total. The molecule has 1 unspecified atom stereocenters. The summed E-state index contributed by atoms with van der Waals surface area (Å²) < 4.78 is 32.3. The van der Waals surface area contributed by atoms with Crippen LogP contribution in [0.25, 0.3) is 0 Å². The van der Waals surface area contributed by atoms with Crippen molar-refractivity contribution in [2.45, 2.75) is 25.9 Å². The summed E-state index contributed by atoms with van der Waals surface area (Å²) in [4.78, 5) is 0. The van der Waals surface area contributed by atoms with Crippen molar-refractivity contribution in [1.29, 1.82) is 0 Å². The maximum absolute atomic E-state index is 13.6. The third-order valence-corrected chi connectivity index (χ3v) is 3.28. The van der Waals surface area contributed by atoms with Crippen LogP contribution in [0.5, 0.6) is 5.75 Å². The minimum Gasteiger partial charge on any atom is -0.490 e. The molecule has 0 bridgehead atoms. The van der Waals surface area contributed by atoms with Crippen molar-refractivity contribution in [1.82, 2.24) is 0 Å². The van der Waals surface area contributed by atoms with Crippen molar-refractivity contribution < 1.29 is 18.6 Å². The number of aliphatic hydroxyl groups excluding tert-OH is 1. The van der Waals surface area contributed by atoms with Gasteiger partial charge in [-0.15, -0.1) is 0 Å². The van der Waals surface area contributed by atoms with E-state index in [-0.39, 0.29) is 18.1 Å². The van der Waals surface area contributed by atoms with Gasteiger partial charge in [0.25, 0.3) is 0 Å². The van der Waals surface area contributed by atoms with E-state index in [4.69, 9.17) is 4.74 Å². The van der Waals surface area contributed by atoms with Crippen LogP contribution in [0, 0.1) is 11.6 Å². The minimum absolute atomic E-state index is 0.1000. The van der Waals surface area contributed by atoms with Gasteiger partial charge in [-0.3, -0.25) is 0 Å². The van der Waals surface area contributed by atoms with E-state index in [0.717, 1.165) is 11.6 Å². The number of rotatable bonds is 5. The van der Waals surface area contributed by atoms with Crippen LogP contribution in [0.1, 0.15) is 37.0 Å². The molecule has 0 aliphatic rings. The molecule has 0 heterocycles. The Morgan fingerprint density at radius 2 is 1.67 bits per heavy atom. The molecule has 0 aliphatic carbocycles. The topological polar surface area (TPSA) is 29.5 Å². The second-order valence-corrected chi connectivity index (χ2v) is 5.16. The number of aliphatic hydroxyl groups is 1. The molecule has 0 saturated carbocycles. The third-order valence-electron chi connectivity index (χ3n) is 3.28. The van der Waals surface area contributed by atoms with Crippen LogP contribution >= 0.6 is 0 Å². The SMILES string of the molecule is CC(C)c1ccccc1OCC(O)c1cccc(F)c1F. The Morgan fingerprint density at radius 3 is 2.38 bits per heavy atom. The lowest BCUT2D eigenvalue weighted by Crippen LogP contribution is -2.13. The fourth-order valence-corrected chi connectivity index (χ4v) is 2.13. The molecule has 2 rings (SSSR count). The van der Waals surface area contributed by atoms with Gasteiger partial charge in [-0.2, -0.15) is 0 Å². The van der Waals surface area contributed by atoms with E-state index in [0.29, 0.717) is 5.75 Å². The molecule has 21 heavy (non-hydrogen) atoms. The maximum Gasteiger partial charge on any atom is 0.164 e. The minimum atomic E-state index is -1.22. The van der Waals surface area contributed by atoms with Gasteiger partial charge in [0.1, 0.15) is 18.5 Å². The number of ether oxygens (including phenoxy) is 1. The van der Waals surface area contributed by atoms with E-state index < -0.39 is 17.7 Å². The molecular formula is C17H18F2O2. The predicted molar refractivity (Wildman–Crippen MR) is 77.3 cm³/mol. The van der Waals surface area contributed by atoms with E-state index >= 15 is 0 Å². The summed E-state index contributed by atoms with van der Waals surface area (Å²) >= 11 is 0. The van der Waals surface area contributed by atoms with Gasteiger partial charge in [-0.25, -0.2) is 8.78 Å². The Morgan fingerprint density at radius 1 is 1.00 bits per heavy atom. The monoisotopic (exact) mass is 292 g/mol. The quantitative estimate of drug-likeness (QED) is 0.895. The number of halogens is 2. The summed E-state index contributed by atoms with van der Waals surface area (Å²) in [7, 11) is 0. The Hall–Kier alpha value is -1.94. The number of benzene rings is 2. The van der Waals surface area contributed by atoms with Crippen LogP contribution in [-0.4, -0.2) is 11.7 Å². The summed E-state index contributed by atoms with van der Waals surface area (Å²) in [5.41, 5.74) is 0.904. The first kappa shape index (κ1) is 15.4. The second-order valence-electron chi connectivity index (χ2n) is 5.16. The highest BCUT2D eigenvalue weighted by molar-refractivity contribution is 5.35. The Bertz CT molecular complexity index is 611. The molecule has 1 atom stereocenters. The first-order chi connectivity index (χ1) is 10.0. The van der Waals surface area contributed by atoms with Crippen molar-refractivity contribution in [2.24, 2.45) is 0 Å². The molecule has 2 aromatic carbocycles. The van der Waals surface area contributed by atoms with E-state index in [1.807, 2.05) is 32.0 Å². The average Bonchev–Trinajstić information content (AvgIpc) is 2.47. The molecule has 112 valence electrons.